The van der Waals surface area contributed by atoms with Gasteiger partial charge in [0, 0.05) is 17.4 Å². The fourth-order valence-corrected chi connectivity index (χ4v) is 2.12. The van der Waals surface area contributed by atoms with Gasteiger partial charge in [0.1, 0.15) is 5.82 Å². The first-order valence-electron chi connectivity index (χ1n) is 5.47. The minimum Gasteiger partial charge on any atom is -0.398 e. The van der Waals surface area contributed by atoms with Gasteiger partial charge in [-0.2, -0.15) is 0 Å². The first-order chi connectivity index (χ1) is 7.27. The fraction of sp³-hybridized carbons (Fsp3) is 0.545. The average Bonchev–Trinajstić information content (AvgIpc) is 2.25. The van der Waals surface area contributed by atoms with Crippen LogP contribution < -0.4 is 16.8 Å². The van der Waals surface area contributed by atoms with Gasteiger partial charge in [-0.1, -0.05) is 0 Å². The fourth-order valence-electron chi connectivity index (χ4n) is 2.12. The molecule has 1 fully saturated rings. The van der Waals surface area contributed by atoms with Crippen LogP contribution in [0.25, 0.3) is 0 Å². The maximum atomic E-state index is 5.90. The van der Waals surface area contributed by atoms with Crippen LogP contribution >= 0.6 is 0 Å². The summed E-state index contributed by atoms with van der Waals surface area (Å²) < 4.78 is 0. The SMILES string of the molecule is Nc1ccnc(N)c1CC1CCNCC1. The number of rotatable bonds is 2. The molecule has 0 spiro atoms. The van der Waals surface area contributed by atoms with E-state index in [4.69, 9.17) is 11.5 Å². The van der Waals surface area contributed by atoms with Crippen LogP contribution in [0.3, 0.4) is 0 Å². The second kappa shape index (κ2) is 4.49. The highest BCUT2D eigenvalue weighted by atomic mass is 14.9. The first-order valence-corrected chi connectivity index (χ1v) is 5.47. The number of piperidine rings is 1. The predicted octanol–water partition coefficient (Wildman–Crippen LogP) is 0.788. The minimum absolute atomic E-state index is 0.591. The highest BCUT2D eigenvalue weighted by Crippen LogP contribution is 2.24. The Labute approximate surface area is 90.1 Å². The molecule has 0 saturated carbocycles. The summed E-state index contributed by atoms with van der Waals surface area (Å²) >= 11 is 0. The molecule has 4 heteroatoms. The van der Waals surface area contributed by atoms with Gasteiger partial charge in [-0.3, -0.25) is 0 Å². The van der Waals surface area contributed by atoms with Gasteiger partial charge in [-0.25, -0.2) is 4.98 Å². The van der Waals surface area contributed by atoms with Crippen molar-refractivity contribution in [3.05, 3.63) is 17.8 Å². The summed E-state index contributed by atoms with van der Waals surface area (Å²) in [6.45, 7) is 2.20. The number of hydrogen-bond donors (Lipinski definition) is 3. The zero-order valence-electron chi connectivity index (χ0n) is 8.87. The molecule has 1 aromatic heterocycles. The number of nitrogens with zero attached hydrogens (tertiary/aromatic N) is 1. The van der Waals surface area contributed by atoms with Crippen molar-refractivity contribution in [2.24, 2.45) is 5.92 Å². The first kappa shape index (κ1) is 10.2. The third-order valence-corrected chi connectivity index (χ3v) is 3.08. The van der Waals surface area contributed by atoms with Crippen molar-refractivity contribution in [3.8, 4) is 0 Å². The van der Waals surface area contributed by atoms with Gasteiger partial charge in [-0.05, 0) is 44.3 Å². The largest absolute Gasteiger partial charge is 0.398 e. The summed E-state index contributed by atoms with van der Waals surface area (Å²) in [5, 5.41) is 3.35. The zero-order valence-corrected chi connectivity index (χ0v) is 8.87. The molecule has 15 heavy (non-hydrogen) atoms. The van der Waals surface area contributed by atoms with Crippen molar-refractivity contribution < 1.29 is 0 Å². The van der Waals surface area contributed by atoms with Gasteiger partial charge >= 0.3 is 0 Å². The van der Waals surface area contributed by atoms with Gasteiger partial charge in [-0.15, -0.1) is 0 Å². The third-order valence-electron chi connectivity index (χ3n) is 3.08. The van der Waals surface area contributed by atoms with Gasteiger partial charge in [0.15, 0.2) is 0 Å². The van der Waals surface area contributed by atoms with E-state index in [2.05, 4.69) is 10.3 Å². The van der Waals surface area contributed by atoms with Gasteiger partial charge in [0.2, 0.25) is 0 Å². The lowest BCUT2D eigenvalue weighted by atomic mass is 9.90. The highest BCUT2D eigenvalue weighted by molar-refractivity contribution is 5.56. The van der Waals surface area contributed by atoms with Crippen LogP contribution in [0.2, 0.25) is 0 Å². The van der Waals surface area contributed by atoms with E-state index in [1.165, 1.54) is 12.8 Å². The van der Waals surface area contributed by atoms with Gasteiger partial charge in [0.25, 0.3) is 0 Å². The highest BCUT2D eigenvalue weighted by Gasteiger charge is 2.16. The molecule has 1 aliphatic rings. The molecule has 2 heterocycles. The molecule has 5 N–H and O–H groups in total. The number of nitrogens with one attached hydrogen (secondary N) is 1. The van der Waals surface area contributed by atoms with Crippen molar-refractivity contribution in [2.75, 3.05) is 24.6 Å². The van der Waals surface area contributed by atoms with Crippen molar-refractivity contribution in [1.82, 2.24) is 10.3 Å². The Balaban J connectivity index is 2.09. The monoisotopic (exact) mass is 206 g/mol. The summed E-state index contributed by atoms with van der Waals surface area (Å²) in [5.74, 6) is 1.29. The normalized spacial score (nSPS) is 17.9. The van der Waals surface area contributed by atoms with Crippen LogP contribution in [0.5, 0.6) is 0 Å². The van der Waals surface area contributed by atoms with E-state index in [9.17, 15) is 0 Å². The molecule has 4 nitrogen and oxygen atoms in total. The molecular formula is C11H18N4. The van der Waals surface area contributed by atoms with E-state index < -0.39 is 0 Å². The number of aromatic nitrogens is 1. The molecule has 82 valence electrons. The van der Waals surface area contributed by atoms with Crippen LogP contribution in [0, 0.1) is 5.92 Å². The molecular weight excluding hydrogens is 188 g/mol. The Morgan fingerprint density at radius 1 is 1.33 bits per heavy atom. The predicted molar refractivity (Wildman–Crippen MR) is 62.4 cm³/mol. The molecule has 0 atom stereocenters. The molecule has 0 amide bonds. The standard InChI is InChI=1S/C11H18N4/c12-10-3-6-15-11(13)9(10)7-8-1-4-14-5-2-8/h3,6,8,14H,1-2,4-5,7H2,(H4,12,13,15). The van der Waals surface area contributed by atoms with E-state index in [1.807, 2.05) is 6.07 Å². The molecule has 2 rings (SSSR count). The Kier molecular flexibility index (Phi) is 3.06. The molecule has 0 aliphatic carbocycles. The van der Waals surface area contributed by atoms with E-state index in [1.54, 1.807) is 6.20 Å². The number of nitrogen functional groups attached to an aromatic ring is 2. The Morgan fingerprint density at radius 3 is 2.73 bits per heavy atom. The lowest BCUT2D eigenvalue weighted by Gasteiger charge is -2.23. The number of nitrogens with two attached hydrogens (primary N) is 2. The molecule has 0 bridgehead atoms. The van der Waals surface area contributed by atoms with Crippen LogP contribution in [0.4, 0.5) is 11.5 Å². The van der Waals surface area contributed by atoms with Crippen LogP contribution in [0.1, 0.15) is 18.4 Å². The molecule has 0 unspecified atom stereocenters. The summed E-state index contributed by atoms with van der Waals surface area (Å²) in [7, 11) is 0. The lowest BCUT2D eigenvalue weighted by Crippen LogP contribution is -2.29. The Hall–Kier alpha value is -1.29. The second-order valence-electron chi connectivity index (χ2n) is 4.16. The van der Waals surface area contributed by atoms with E-state index in [0.717, 1.165) is 30.8 Å². The number of hydrogen-bond acceptors (Lipinski definition) is 4. The summed E-state index contributed by atoms with van der Waals surface area (Å²) in [4.78, 5) is 4.09. The molecule has 0 radical (unpaired) electrons. The maximum absolute atomic E-state index is 5.90. The van der Waals surface area contributed by atoms with Crippen molar-refractivity contribution in [1.29, 1.82) is 0 Å². The second-order valence-corrected chi connectivity index (χ2v) is 4.16. The minimum atomic E-state index is 0.591. The van der Waals surface area contributed by atoms with E-state index in [-0.39, 0.29) is 0 Å². The topological polar surface area (TPSA) is 77.0 Å². The summed E-state index contributed by atoms with van der Waals surface area (Å²) in [6, 6.07) is 1.83. The van der Waals surface area contributed by atoms with Crippen LogP contribution in [-0.2, 0) is 6.42 Å². The quantitative estimate of drug-likeness (QED) is 0.668. The molecule has 1 saturated heterocycles. The lowest BCUT2D eigenvalue weighted by molar-refractivity contribution is 0.373. The zero-order chi connectivity index (χ0) is 10.7. The Morgan fingerprint density at radius 2 is 2.07 bits per heavy atom. The van der Waals surface area contributed by atoms with Crippen LogP contribution in [-0.4, -0.2) is 18.1 Å². The van der Waals surface area contributed by atoms with Gasteiger partial charge < -0.3 is 16.8 Å². The summed E-state index contributed by atoms with van der Waals surface area (Å²) in [6.07, 6.45) is 5.03. The van der Waals surface area contributed by atoms with Crippen molar-refractivity contribution in [3.63, 3.8) is 0 Å². The molecule has 0 aromatic carbocycles. The van der Waals surface area contributed by atoms with Crippen LogP contribution in [0.15, 0.2) is 12.3 Å². The van der Waals surface area contributed by atoms with Crippen molar-refractivity contribution in [2.45, 2.75) is 19.3 Å². The van der Waals surface area contributed by atoms with Gasteiger partial charge in [0.05, 0.1) is 0 Å². The number of anilines is 2. The molecule has 1 aromatic rings. The number of pyridine rings is 1. The maximum Gasteiger partial charge on any atom is 0.128 e. The Bertz CT molecular complexity index is 311. The third kappa shape index (κ3) is 2.39. The smallest absolute Gasteiger partial charge is 0.128 e. The average molecular weight is 206 g/mol. The summed E-state index contributed by atoms with van der Waals surface area (Å²) in [5.41, 5.74) is 13.5. The molecule has 1 aliphatic heterocycles. The van der Waals surface area contributed by atoms with E-state index in [0.29, 0.717) is 11.7 Å². The van der Waals surface area contributed by atoms with Crippen molar-refractivity contribution >= 4 is 11.5 Å². The van der Waals surface area contributed by atoms with E-state index >= 15 is 0 Å².